The molecule has 9 heteroatoms. The number of nitrogens with zero attached hydrogens (tertiary/aromatic N) is 4. The second kappa shape index (κ2) is 6.15. The fourth-order valence-electron chi connectivity index (χ4n) is 2.73. The molecule has 1 aliphatic rings. The standard InChI is InChI=1S/C14H16BrN5O3/c1-19-11-8(5-10(15)12(19)21)6-16-13(18-11)17-9-3-2-4-20(7-9)14(22)23/h5-6,9H,2-4,7H2,1H3,(H,22,23)(H,16,17,18)/t9-/m0/s1. The van der Waals surface area contributed by atoms with Crippen LogP contribution < -0.4 is 10.9 Å². The summed E-state index contributed by atoms with van der Waals surface area (Å²) in [6.07, 6.45) is 2.38. The molecule has 0 aromatic carbocycles. The lowest BCUT2D eigenvalue weighted by atomic mass is 10.1. The first-order valence-electron chi connectivity index (χ1n) is 7.22. The highest BCUT2D eigenvalue weighted by Crippen LogP contribution is 2.17. The molecule has 0 saturated carbocycles. The molecule has 0 aliphatic carbocycles. The maximum atomic E-state index is 12.0. The molecule has 0 unspecified atom stereocenters. The van der Waals surface area contributed by atoms with Crippen LogP contribution in [0.25, 0.3) is 11.0 Å². The number of piperidine rings is 1. The normalized spacial score (nSPS) is 18.2. The molecule has 1 saturated heterocycles. The maximum Gasteiger partial charge on any atom is 0.407 e. The molecule has 0 radical (unpaired) electrons. The summed E-state index contributed by atoms with van der Waals surface area (Å²) < 4.78 is 1.91. The number of hydrogen-bond donors (Lipinski definition) is 2. The third-order valence-electron chi connectivity index (χ3n) is 3.93. The molecule has 8 nitrogen and oxygen atoms in total. The zero-order valence-electron chi connectivity index (χ0n) is 12.5. The number of rotatable bonds is 2. The van der Waals surface area contributed by atoms with Crippen molar-refractivity contribution in [2.45, 2.75) is 18.9 Å². The highest BCUT2D eigenvalue weighted by molar-refractivity contribution is 9.10. The van der Waals surface area contributed by atoms with Crippen LogP contribution in [0.3, 0.4) is 0 Å². The summed E-state index contributed by atoms with van der Waals surface area (Å²) >= 11 is 3.22. The molecule has 0 spiro atoms. The van der Waals surface area contributed by atoms with Crippen LogP contribution in [-0.4, -0.2) is 49.8 Å². The first-order chi connectivity index (χ1) is 11.0. The summed E-state index contributed by atoms with van der Waals surface area (Å²) in [6.45, 7) is 0.949. The molecule has 2 N–H and O–H groups in total. The number of carbonyl (C=O) groups is 1. The van der Waals surface area contributed by atoms with Crippen LogP contribution >= 0.6 is 15.9 Å². The van der Waals surface area contributed by atoms with Crippen molar-refractivity contribution < 1.29 is 9.90 Å². The number of halogens is 1. The van der Waals surface area contributed by atoms with Gasteiger partial charge in [0.1, 0.15) is 5.65 Å². The van der Waals surface area contributed by atoms with E-state index in [2.05, 4.69) is 31.2 Å². The van der Waals surface area contributed by atoms with E-state index in [4.69, 9.17) is 5.11 Å². The summed E-state index contributed by atoms with van der Waals surface area (Å²) in [5.41, 5.74) is 0.360. The van der Waals surface area contributed by atoms with E-state index >= 15 is 0 Å². The highest BCUT2D eigenvalue weighted by atomic mass is 79.9. The molecule has 1 amide bonds. The molecule has 3 rings (SSSR count). The Hall–Kier alpha value is -2.16. The average molecular weight is 382 g/mol. The monoisotopic (exact) mass is 381 g/mol. The fourth-order valence-corrected chi connectivity index (χ4v) is 3.24. The van der Waals surface area contributed by atoms with E-state index in [9.17, 15) is 9.59 Å². The maximum absolute atomic E-state index is 12.0. The Morgan fingerprint density at radius 1 is 1.52 bits per heavy atom. The van der Waals surface area contributed by atoms with Gasteiger partial charge in [-0.3, -0.25) is 9.36 Å². The zero-order valence-corrected chi connectivity index (χ0v) is 14.1. The lowest BCUT2D eigenvalue weighted by molar-refractivity contribution is 0.132. The molecule has 23 heavy (non-hydrogen) atoms. The third-order valence-corrected chi connectivity index (χ3v) is 4.50. The van der Waals surface area contributed by atoms with Gasteiger partial charge in [0, 0.05) is 37.8 Å². The number of likely N-dealkylation sites (tertiary alicyclic amines) is 1. The number of anilines is 1. The highest BCUT2D eigenvalue weighted by Gasteiger charge is 2.23. The van der Waals surface area contributed by atoms with Crippen molar-refractivity contribution >= 4 is 39.0 Å². The largest absolute Gasteiger partial charge is 0.465 e. The first-order valence-corrected chi connectivity index (χ1v) is 8.01. The quantitative estimate of drug-likeness (QED) is 0.819. The molecule has 2 aromatic heterocycles. The summed E-state index contributed by atoms with van der Waals surface area (Å²) in [5, 5.41) is 13.0. The molecule has 3 heterocycles. The molecule has 1 fully saturated rings. The number of nitrogens with one attached hydrogen (secondary N) is 1. The van der Waals surface area contributed by atoms with Gasteiger partial charge in [0.05, 0.1) is 4.47 Å². The fraction of sp³-hybridized carbons (Fsp3) is 0.429. The van der Waals surface area contributed by atoms with Crippen LogP contribution in [-0.2, 0) is 7.05 Å². The topological polar surface area (TPSA) is 100 Å². The predicted molar refractivity (Wildman–Crippen MR) is 88.7 cm³/mol. The Labute approximate surface area is 140 Å². The van der Waals surface area contributed by atoms with E-state index < -0.39 is 6.09 Å². The van der Waals surface area contributed by atoms with E-state index in [1.165, 1.54) is 9.47 Å². The van der Waals surface area contributed by atoms with Crippen molar-refractivity contribution in [1.29, 1.82) is 0 Å². The van der Waals surface area contributed by atoms with Crippen LogP contribution in [0.1, 0.15) is 12.8 Å². The molecule has 2 aromatic rings. The van der Waals surface area contributed by atoms with Gasteiger partial charge in [0.2, 0.25) is 5.95 Å². The minimum absolute atomic E-state index is 0.0372. The number of carboxylic acid groups (broad SMARTS) is 1. The Morgan fingerprint density at radius 2 is 2.30 bits per heavy atom. The third kappa shape index (κ3) is 3.14. The van der Waals surface area contributed by atoms with Gasteiger partial charge in [-0.1, -0.05) is 0 Å². The van der Waals surface area contributed by atoms with E-state index in [1.807, 2.05) is 0 Å². The lowest BCUT2D eigenvalue weighted by Gasteiger charge is -2.31. The number of hydrogen-bond acceptors (Lipinski definition) is 5. The van der Waals surface area contributed by atoms with E-state index in [-0.39, 0.29) is 11.6 Å². The van der Waals surface area contributed by atoms with Crippen molar-refractivity contribution in [2.75, 3.05) is 18.4 Å². The van der Waals surface area contributed by atoms with Crippen LogP contribution in [0.2, 0.25) is 0 Å². The van der Waals surface area contributed by atoms with Gasteiger partial charge in [-0.15, -0.1) is 0 Å². The van der Waals surface area contributed by atoms with Crippen molar-refractivity contribution in [3.8, 4) is 0 Å². The smallest absolute Gasteiger partial charge is 0.407 e. The molecular weight excluding hydrogens is 366 g/mol. The summed E-state index contributed by atoms with van der Waals surface area (Å²) in [6, 6.07) is 1.65. The number of aromatic nitrogens is 3. The van der Waals surface area contributed by atoms with Crippen molar-refractivity contribution in [3.63, 3.8) is 0 Å². The van der Waals surface area contributed by atoms with E-state index in [0.29, 0.717) is 29.2 Å². The van der Waals surface area contributed by atoms with Crippen molar-refractivity contribution in [3.05, 3.63) is 27.1 Å². The van der Waals surface area contributed by atoms with Gasteiger partial charge >= 0.3 is 6.09 Å². The van der Waals surface area contributed by atoms with Gasteiger partial charge in [-0.25, -0.2) is 9.78 Å². The van der Waals surface area contributed by atoms with Crippen LogP contribution in [0.4, 0.5) is 10.7 Å². The van der Waals surface area contributed by atoms with Crippen LogP contribution in [0.15, 0.2) is 21.5 Å². The Bertz CT molecular complexity index is 822. The summed E-state index contributed by atoms with van der Waals surface area (Å²) in [7, 11) is 1.65. The molecule has 1 atom stereocenters. The molecule has 122 valence electrons. The minimum Gasteiger partial charge on any atom is -0.465 e. The number of amides is 1. The Balaban J connectivity index is 1.86. The van der Waals surface area contributed by atoms with E-state index in [1.54, 1.807) is 19.3 Å². The number of fused-ring (bicyclic) bond motifs is 1. The minimum atomic E-state index is -0.914. The average Bonchev–Trinajstić information content (AvgIpc) is 2.54. The second-order valence-electron chi connectivity index (χ2n) is 5.54. The molecule has 0 bridgehead atoms. The predicted octanol–water partition coefficient (Wildman–Crippen LogP) is 1.65. The van der Waals surface area contributed by atoms with Gasteiger partial charge in [0.15, 0.2) is 0 Å². The second-order valence-corrected chi connectivity index (χ2v) is 6.40. The summed E-state index contributed by atoms with van der Waals surface area (Å²) in [5.74, 6) is 0.395. The van der Waals surface area contributed by atoms with Gasteiger partial charge in [-0.2, -0.15) is 4.98 Å². The summed E-state index contributed by atoms with van der Waals surface area (Å²) in [4.78, 5) is 33.1. The number of aryl methyl sites for hydroxylation is 1. The lowest BCUT2D eigenvalue weighted by Crippen LogP contribution is -2.44. The molecular formula is C14H16BrN5O3. The van der Waals surface area contributed by atoms with Crippen molar-refractivity contribution in [1.82, 2.24) is 19.4 Å². The first kappa shape index (κ1) is 15.7. The van der Waals surface area contributed by atoms with Crippen LogP contribution in [0.5, 0.6) is 0 Å². The SMILES string of the molecule is Cn1c(=O)c(Br)cc2cnc(N[C@H]3CCCN(C(=O)O)C3)nc21. The zero-order chi connectivity index (χ0) is 16.6. The number of pyridine rings is 1. The molecule has 1 aliphatic heterocycles. The Morgan fingerprint density at radius 3 is 3.04 bits per heavy atom. The Kier molecular flexibility index (Phi) is 4.20. The van der Waals surface area contributed by atoms with Crippen molar-refractivity contribution in [2.24, 2.45) is 7.05 Å². The van der Waals surface area contributed by atoms with Gasteiger partial charge in [0.25, 0.3) is 5.56 Å². The van der Waals surface area contributed by atoms with Gasteiger partial charge in [-0.05, 0) is 34.8 Å². The van der Waals surface area contributed by atoms with Crippen LogP contribution in [0, 0.1) is 0 Å². The van der Waals surface area contributed by atoms with E-state index in [0.717, 1.165) is 18.2 Å². The van der Waals surface area contributed by atoms with Gasteiger partial charge < -0.3 is 15.3 Å².